The van der Waals surface area contributed by atoms with Crippen LogP contribution < -0.4 is 10.1 Å². The highest BCUT2D eigenvalue weighted by Gasteiger charge is 2.30. The van der Waals surface area contributed by atoms with Crippen molar-refractivity contribution in [2.24, 2.45) is 0 Å². The van der Waals surface area contributed by atoms with Gasteiger partial charge in [-0.3, -0.25) is 0 Å². The van der Waals surface area contributed by atoms with Crippen molar-refractivity contribution in [1.29, 1.82) is 0 Å². The maximum absolute atomic E-state index is 11.4. The highest BCUT2D eigenvalue weighted by atomic mass is 32.2. The Hall–Kier alpha value is -1.07. The third-order valence-electron chi connectivity index (χ3n) is 3.30. The molecular formula is C13H19NO3S. The largest absolute Gasteiger partial charge is 0.489 e. The predicted octanol–water partition coefficient (Wildman–Crippen LogP) is 1.53. The van der Waals surface area contributed by atoms with E-state index >= 15 is 0 Å². The van der Waals surface area contributed by atoms with E-state index in [9.17, 15) is 8.42 Å². The van der Waals surface area contributed by atoms with Crippen molar-refractivity contribution in [3.05, 3.63) is 29.8 Å². The molecule has 0 amide bonds. The minimum Gasteiger partial charge on any atom is -0.489 e. The van der Waals surface area contributed by atoms with Gasteiger partial charge in [-0.1, -0.05) is 18.2 Å². The van der Waals surface area contributed by atoms with E-state index in [-0.39, 0.29) is 23.7 Å². The quantitative estimate of drug-likeness (QED) is 0.900. The molecule has 1 fully saturated rings. The van der Waals surface area contributed by atoms with Crippen LogP contribution in [0.5, 0.6) is 5.75 Å². The molecule has 2 atom stereocenters. The summed E-state index contributed by atoms with van der Waals surface area (Å²) in [7, 11) is -1.00. The van der Waals surface area contributed by atoms with Crippen LogP contribution >= 0.6 is 0 Å². The van der Waals surface area contributed by atoms with Crippen LogP contribution in [0, 0.1) is 0 Å². The summed E-state index contributed by atoms with van der Waals surface area (Å²) in [5, 5.41) is 3.16. The van der Waals surface area contributed by atoms with Crippen molar-refractivity contribution in [2.45, 2.75) is 25.5 Å². The van der Waals surface area contributed by atoms with Crippen molar-refractivity contribution in [3.8, 4) is 5.75 Å². The average Bonchev–Trinajstić information content (AvgIpc) is 2.68. The molecule has 5 heteroatoms. The van der Waals surface area contributed by atoms with Crippen molar-refractivity contribution in [1.82, 2.24) is 5.32 Å². The fourth-order valence-electron chi connectivity index (χ4n) is 2.13. The first-order valence-corrected chi connectivity index (χ1v) is 7.97. The molecule has 1 aromatic rings. The first-order valence-electron chi connectivity index (χ1n) is 6.15. The van der Waals surface area contributed by atoms with Gasteiger partial charge < -0.3 is 10.1 Å². The number of para-hydroxylation sites is 1. The van der Waals surface area contributed by atoms with Crippen molar-refractivity contribution in [2.75, 3.05) is 18.6 Å². The van der Waals surface area contributed by atoms with Gasteiger partial charge in [0.2, 0.25) is 0 Å². The first kappa shape index (κ1) is 13.4. The number of ether oxygens (including phenoxy) is 1. The Labute approximate surface area is 108 Å². The number of nitrogens with one attached hydrogen (secondary N) is 1. The molecule has 2 unspecified atom stereocenters. The van der Waals surface area contributed by atoms with Gasteiger partial charge in [-0.05, 0) is 26.5 Å². The van der Waals surface area contributed by atoms with Gasteiger partial charge >= 0.3 is 0 Å². The highest BCUT2D eigenvalue weighted by molar-refractivity contribution is 7.91. The maximum Gasteiger partial charge on any atom is 0.154 e. The summed E-state index contributed by atoms with van der Waals surface area (Å²) < 4.78 is 28.7. The molecule has 1 heterocycles. The molecule has 1 aromatic carbocycles. The number of benzene rings is 1. The molecule has 0 saturated carbocycles. The molecule has 4 nitrogen and oxygen atoms in total. The Morgan fingerprint density at radius 2 is 2.11 bits per heavy atom. The van der Waals surface area contributed by atoms with Crippen LogP contribution in [0.2, 0.25) is 0 Å². The van der Waals surface area contributed by atoms with Gasteiger partial charge in [-0.25, -0.2) is 8.42 Å². The molecule has 0 bridgehead atoms. The van der Waals surface area contributed by atoms with E-state index in [1.165, 1.54) is 0 Å². The molecule has 0 aromatic heterocycles. The molecule has 1 N–H and O–H groups in total. The lowest BCUT2D eigenvalue weighted by molar-refractivity contribution is 0.225. The van der Waals surface area contributed by atoms with Crippen LogP contribution in [0.3, 0.4) is 0 Å². The summed E-state index contributed by atoms with van der Waals surface area (Å²) in [6, 6.07) is 7.94. The van der Waals surface area contributed by atoms with Gasteiger partial charge in [0.05, 0.1) is 11.5 Å². The SMILES string of the molecule is CNC(C)c1ccccc1OC1CCS(=O)(=O)C1. The Morgan fingerprint density at radius 3 is 2.72 bits per heavy atom. The molecule has 100 valence electrons. The van der Waals surface area contributed by atoms with Crippen LogP contribution in [-0.4, -0.2) is 33.1 Å². The van der Waals surface area contributed by atoms with Crippen molar-refractivity contribution >= 4 is 9.84 Å². The van der Waals surface area contributed by atoms with Gasteiger partial charge in [0.15, 0.2) is 9.84 Å². The molecule has 1 saturated heterocycles. The fraction of sp³-hybridized carbons (Fsp3) is 0.538. The zero-order valence-corrected chi connectivity index (χ0v) is 11.5. The summed E-state index contributed by atoms with van der Waals surface area (Å²) in [6.45, 7) is 2.05. The number of hydrogen-bond acceptors (Lipinski definition) is 4. The molecule has 0 radical (unpaired) electrons. The minimum absolute atomic E-state index is 0.134. The Kier molecular flexibility index (Phi) is 3.92. The lowest BCUT2D eigenvalue weighted by atomic mass is 10.1. The smallest absolute Gasteiger partial charge is 0.154 e. The number of rotatable bonds is 4. The third kappa shape index (κ3) is 3.03. The van der Waals surface area contributed by atoms with E-state index in [1.807, 2.05) is 38.2 Å². The van der Waals surface area contributed by atoms with E-state index in [1.54, 1.807) is 0 Å². The van der Waals surface area contributed by atoms with Crippen LogP contribution in [0.25, 0.3) is 0 Å². The van der Waals surface area contributed by atoms with Gasteiger partial charge in [-0.2, -0.15) is 0 Å². The minimum atomic E-state index is -2.89. The Balaban J connectivity index is 2.15. The summed E-state index contributed by atoms with van der Waals surface area (Å²) in [5.74, 6) is 1.15. The summed E-state index contributed by atoms with van der Waals surface area (Å²) >= 11 is 0. The van der Waals surface area contributed by atoms with Crippen LogP contribution in [0.1, 0.15) is 24.9 Å². The molecule has 1 aliphatic rings. The van der Waals surface area contributed by atoms with E-state index in [0.29, 0.717) is 6.42 Å². The molecule has 1 aliphatic heterocycles. The van der Waals surface area contributed by atoms with Gasteiger partial charge in [0, 0.05) is 11.6 Å². The summed E-state index contributed by atoms with van der Waals surface area (Å²) in [4.78, 5) is 0. The van der Waals surface area contributed by atoms with E-state index in [2.05, 4.69) is 5.32 Å². The van der Waals surface area contributed by atoms with Crippen LogP contribution in [0.4, 0.5) is 0 Å². The monoisotopic (exact) mass is 269 g/mol. The molecule has 0 spiro atoms. The standard InChI is InChI=1S/C13H19NO3S/c1-10(14-2)12-5-3-4-6-13(12)17-11-7-8-18(15,16)9-11/h3-6,10-11,14H,7-9H2,1-2H3. The van der Waals surface area contributed by atoms with Crippen molar-refractivity contribution < 1.29 is 13.2 Å². The second kappa shape index (κ2) is 5.28. The molecule has 18 heavy (non-hydrogen) atoms. The Morgan fingerprint density at radius 1 is 1.39 bits per heavy atom. The fourth-order valence-corrected chi connectivity index (χ4v) is 3.72. The number of sulfone groups is 1. The lowest BCUT2D eigenvalue weighted by Crippen LogP contribution is -2.20. The predicted molar refractivity (Wildman–Crippen MR) is 71.6 cm³/mol. The van der Waals surface area contributed by atoms with Crippen molar-refractivity contribution in [3.63, 3.8) is 0 Å². The zero-order valence-electron chi connectivity index (χ0n) is 10.7. The van der Waals surface area contributed by atoms with Crippen LogP contribution in [0.15, 0.2) is 24.3 Å². The number of hydrogen-bond donors (Lipinski definition) is 1. The zero-order chi connectivity index (χ0) is 13.2. The van der Waals surface area contributed by atoms with E-state index in [4.69, 9.17) is 4.74 Å². The second-order valence-electron chi connectivity index (χ2n) is 4.69. The normalized spacial score (nSPS) is 23.8. The van der Waals surface area contributed by atoms with E-state index in [0.717, 1.165) is 11.3 Å². The molecular weight excluding hydrogens is 250 g/mol. The molecule has 0 aliphatic carbocycles. The first-order chi connectivity index (χ1) is 8.52. The topological polar surface area (TPSA) is 55.4 Å². The Bertz CT molecular complexity index is 513. The third-order valence-corrected chi connectivity index (χ3v) is 5.04. The van der Waals surface area contributed by atoms with Crippen LogP contribution in [-0.2, 0) is 9.84 Å². The highest BCUT2D eigenvalue weighted by Crippen LogP contribution is 2.27. The van der Waals surface area contributed by atoms with Gasteiger partial charge in [0.25, 0.3) is 0 Å². The van der Waals surface area contributed by atoms with Gasteiger partial charge in [-0.15, -0.1) is 0 Å². The van der Waals surface area contributed by atoms with E-state index < -0.39 is 9.84 Å². The van der Waals surface area contributed by atoms with Gasteiger partial charge in [0.1, 0.15) is 11.9 Å². The second-order valence-corrected chi connectivity index (χ2v) is 6.92. The summed E-state index contributed by atoms with van der Waals surface area (Å²) in [6.07, 6.45) is 0.380. The lowest BCUT2D eigenvalue weighted by Gasteiger charge is -2.19. The summed E-state index contributed by atoms with van der Waals surface area (Å²) in [5.41, 5.74) is 1.06. The maximum atomic E-state index is 11.4. The molecule has 2 rings (SSSR count). The average molecular weight is 269 g/mol.